The number of aromatic nitrogens is 3. The number of furan rings is 1. The summed E-state index contributed by atoms with van der Waals surface area (Å²) in [6, 6.07) is 39.5. The van der Waals surface area contributed by atoms with Gasteiger partial charge in [0.25, 0.3) is 0 Å². The van der Waals surface area contributed by atoms with E-state index < -0.39 is 60.7 Å². The van der Waals surface area contributed by atoms with E-state index >= 15 is 0 Å². The smallest absolute Gasteiger partial charge is 0.501 e. The van der Waals surface area contributed by atoms with Gasteiger partial charge in [-0.25, -0.2) is 4.39 Å². The molecule has 0 spiro atoms. The van der Waals surface area contributed by atoms with Crippen LogP contribution in [0.3, 0.4) is 0 Å². The third-order valence-electron chi connectivity index (χ3n) is 9.57. The third-order valence-corrected chi connectivity index (χ3v) is 9.57. The average molecular weight is 959 g/mol. The second kappa shape index (κ2) is 17.8. The van der Waals surface area contributed by atoms with Crippen LogP contribution < -0.4 is 0 Å². The summed E-state index contributed by atoms with van der Waals surface area (Å²) in [6.45, 7) is 3.18. The zero-order chi connectivity index (χ0) is 50.2. The molecule has 0 radical (unpaired) electrons. The molecule has 0 aliphatic heterocycles. The number of nitrogens with zero attached hydrogens (tertiary/aromatic N) is 3. The monoisotopic (exact) mass is 959 g/mol. The molecule has 0 bridgehead atoms. The van der Waals surface area contributed by atoms with Crippen molar-refractivity contribution in [1.82, 2.24) is 15.0 Å². The zero-order valence-electron chi connectivity index (χ0n) is 43.7. The Morgan fingerprint density at radius 1 is 0.542 bits per heavy atom. The second-order valence-corrected chi connectivity index (χ2v) is 13.6. The molecule has 0 aliphatic carbocycles. The van der Waals surface area contributed by atoms with Crippen molar-refractivity contribution in [2.24, 2.45) is 0 Å². The summed E-state index contributed by atoms with van der Waals surface area (Å²) >= 11 is 0. The third kappa shape index (κ3) is 9.00. The van der Waals surface area contributed by atoms with Crippen LogP contribution in [0.25, 0.3) is 55.7 Å². The summed E-state index contributed by atoms with van der Waals surface area (Å²) in [5, 5.41) is 1.12. The van der Waals surface area contributed by atoms with Gasteiger partial charge in [-0.05, 0) is 121 Å². The first-order valence-electron chi connectivity index (χ1n) is 24.5. The molecular formula is C53H41FIrN3O. The first-order chi connectivity index (χ1) is 33.0. The van der Waals surface area contributed by atoms with E-state index in [1.165, 1.54) is 42.7 Å². The molecule has 0 fully saturated rings. The molecule has 4 aromatic heterocycles. The van der Waals surface area contributed by atoms with Crippen LogP contribution in [0.1, 0.15) is 61.0 Å². The van der Waals surface area contributed by atoms with Crippen LogP contribution in [0, 0.1) is 37.9 Å². The summed E-state index contributed by atoms with van der Waals surface area (Å²) < 4.78 is 133. The maximum Gasteiger partial charge on any atom is 3.00 e. The quantitative estimate of drug-likeness (QED) is 0.115. The number of hydrogen-bond donors (Lipinski definition) is 0. The van der Waals surface area contributed by atoms with Gasteiger partial charge in [0.2, 0.25) is 0 Å². The molecule has 0 aliphatic rings. The predicted octanol–water partition coefficient (Wildman–Crippen LogP) is 12.3. The van der Waals surface area contributed by atoms with Gasteiger partial charge in [0.15, 0.2) is 0 Å². The van der Waals surface area contributed by atoms with E-state index in [1.54, 1.807) is 86.6 Å². The van der Waals surface area contributed by atoms with E-state index in [4.69, 9.17) is 4.42 Å². The number of hydrogen-bond acceptors (Lipinski definition) is 4. The van der Waals surface area contributed by atoms with Gasteiger partial charge in [0.05, 0.1) is 5.58 Å². The number of halogens is 1. The molecule has 0 amide bonds. The first-order valence-corrected chi connectivity index (χ1v) is 18.5. The Morgan fingerprint density at radius 3 is 1.66 bits per heavy atom. The van der Waals surface area contributed by atoms with E-state index in [0.717, 1.165) is 24.4 Å². The molecule has 0 saturated heterocycles. The van der Waals surface area contributed by atoms with Crippen molar-refractivity contribution in [3.63, 3.8) is 0 Å². The van der Waals surface area contributed by atoms with Crippen molar-refractivity contribution in [2.45, 2.75) is 52.1 Å². The molecule has 6 heteroatoms. The minimum Gasteiger partial charge on any atom is -0.501 e. The van der Waals surface area contributed by atoms with E-state index in [9.17, 15) is 20.8 Å². The van der Waals surface area contributed by atoms with Gasteiger partial charge >= 0.3 is 20.1 Å². The first kappa shape index (κ1) is 27.6. The second-order valence-electron chi connectivity index (χ2n) is 13.6. The van der Waals surface area contributed by atoms with Crippen molar-refractivity contribution in [1.29, 1.82) is 0 Å². The molecular weight excluding hydrogens is 906 g/mol. The number of rotatable bonds is 12. The molecule has 9 rings (SSSR count). The number of benzene rings is 5. The van der Waals surface area contributed by atoms with E-state index in [2.05, 4.69) is 33.2 Å². The molecule has 59 heavy (non-hydrogen) atoms. The van der Waals surface area contributed by atoms with Crippen LogP contribution >= 0.6 is 0 Å². The van der Waals surface area contributed by atoms with Gasteiger partial charge in [-0.3, -0.25) is 0 Å². The molecule has 4 nitrogen and oxygen atoms in total. The SMILES string of the molecule is [2H]C([2H])(c1ccc(-c2[c-]ccc3c2oc2ccc(F)cc23)nc1)C([2H])([2H])c1cc(C([2H])([2H])C([2H])([2H])c2cnc(-c3[c-]cccc3)cc2C)cc(C([2H])([2H])C([2H])([2H])c2cnc(-c3[c-]cccc3)cc2C)c1.[Ir+3]. The Bertz CT molecular complexity index is 3310. The topological polar surface area (TPSA) is 51.8 Å². The predicted molar refractivity (Wildman–Crippen MR) is 231 cm³/mol. The van der Waals surface area contributed by atoms with E-state index in [1.807, 2.05) is 0 Å². The standard InChI is InChI=1S/C53H41FN3O.Ir/c1-35-26-50(41-10-5-3-6-11-41)56-33-43(35)21-18-39-28-38(29-40(30-39)19-22-44-34-57-51(27-36(44)2)42-12-7-4-8-13-42)17-16-37-20-24-49(55-32-37)47-15-9-14-46-48-31-45(54)23-25-52(48)58-53(46)47;/h3-10,12,14,20,23-34H,16-19,21-22H2,1-2H3;/q-3;+3/i16D2,17D2,18D2,19D2,21D2,22D2;. The van der Waals surface area contributed by atoms with Gasteiger partial charge < -0.3 is 19.4 Å². The molecule has 0 saturated carbocycles. The van der Waals surface area contributed by atoms with Crippen LogP contribution in [0.5, 0.6) is 0 Å². The Labute approximate surface area is 375 Å². The summed E-state index contributed by atoms with van der Waals surface area (Å²) in [5.74, 6) is -0.452. The molecule has 9 aromatic rings. The maximum absolute atomic E-state index is 14.2. The summed E-state index contributed by atoms with van der Waals surface area (Å²) in [5.41, 5.74) is 1.87. The summed E-state index contributed by atoms with van der Waals surface area (Å²) in [4.78, 5) is 13.3. The number of pyridine rings is 3. The Balaban J connectivity index is 0.00000676. The molecule has 5 aromatic carbocycles. The van der Waals surface area contributed by atoms with Crippen LogP contribution in [-0.2, 0) is 58.3 Å². The fraction of sp³-hybridized carbons (Fsp3) is 0.151. The molecule has 0 unspecified atom stereocenters. The van der Waals surface area contributed by atoms with Gasteiger partial charge in [-0.1, -0.05) is 64.5 Å². The van der Waals surface area contributed by atoms with Crippen LogP contribution in [0.15, 0.2) is 144 Å². The fourth-order valence-corrected chi connectivity index (χ4v) is 6.56. The fourth-order valence-electron chi connectivity index (χ4n) is 6.56. The molecule has 4 heterocycles. The van der Waals surface area contributed by atoms with Crippen LogP contribution in [0.4, 0.5) is 4.39 Å². The van der Waals surface area contributed by atoms with Gasteiger partial charge in [0, 0.05) is 40.4 Å². The van der Waals surface area contributed by atoms with Gasteiger partial charge in [0.1, 0.15) is 11.4 Å². The minimum atomic E-state index is -3.14. The van der Waals surface area contributed by atoms with Crippen molar-refractivity contribution in [3.05, 3.63) is 208 Å². The average Bonchev–Trinajstić information content (AvgIpc) is 3.72. The minimum absolute atomic E-state index is 0. The zero-order valence-corrected chi connectivity index (χ0v) is 34.1. The summed E-state index contributed by atoms with van der Waals surface area (Å²) in [6.07, 6.45) is -14.7. The Hall–Kier alpha value is -6.07. The van der Waals surface area contributed by atoms with Gasteiger partial charge in [-0.2, -0.15) is 0 Å². The van der Waals surface area contributed by atoms with Crippen molar-refractivity contribution < 1.29 is 45.4 Å². The van der Waals surface area contributed by atoms with E-state index in [-0.39, 0.29) is 42.5 Å². The van der Waals surface area contributed by atoms with Crippen LogP contribution in [-0.4, -0.2) is 15.0 Å². The normalized spacial score (nSPS) is 15.7. The number of fused-ring (bicyclic) bond motifs is 3. The molecule has 0 N–H and O–H groups in total. The largest absolute Gasteiger partial charge is 3.00 e. The summed E-state index contributed by atoms with van der Waals surface area (Å²) in [7, 11) is 0. The van der Waals surface area contributed by atoms with Crippen molar-refractivity contribution in [3.8, 4) is 33.8 Å². The van der Waals surface area contributed by atoms with Gasteiger partial charge in [-0.15, -0.1) is 90.0 Å². The number of aryl methyl sites for hydroxylation is 8. The van der Waals surface area contributed by atoms with Crippen LogP contribution in [0.2, 0.25) is 0 Å². The van der Waals surface area contributed by atoms with E-state index in [0.29, 0.717) is 61.1 Å². The molecule has 290 valence electrons. The molecule has 0 atom stereocenters. The maximum atomic E-state index is 14.2. The van der Waals surface area contributed by atoms with Crippen molar-refractivity contribution >= 4 is 21.9 Å². The Kier molecular flexibility index (Phi) is 8.33. The Morgan fingerprint density at radius 2 is 1.12 bits per heavy atom. The van der Waals surface area contributed by atoms with Crippen molar-refractivity contribution in [2.75, 3.05) is 0 Å².